The number of rotatable bonds is 6. The molecule has 1 aliphatic carbocycles. The molecule has 37 heavy (non-hydrogen) atoms. The molecule has 4 heteroatoms. The van der Waals surface area contributed by atoms with Crippen molar-refractivity contribution >= 4 is 8.38 Å². The summed E-state index contributed by atoms with van der Waals surface area (Å²) in [5.74, 6) is 2.09. The summed E-state index contributed by atoms with van der Waals surface area (Å²) in [4.78, 5) is 0. The van der Waals surface area contributed by atoms with Crippen molar-refractivity contribution in [3.63, 3.8) is 0 Å². The van der Waals surface area contributed by atoms with E-state index in [4.69, 9.17) is 9.05 Å². The first kappa shape index (κ1) is 29.3. The number of aryl methyl sites for hydroxylation is 2. The van der Waals surface area contributed by atoms with Crippen LogP contribution in [0.3, 0.4) is 0 Å². The van der Waals surface area contributed by atoms with Crippen molar-refractivity contribution in [2.45, 2.75) is 107 Å². The van der Waals surface area contributed by atoms with Crippen molar-refractivity contribution in [3.8, 4) is 22.6 Å². The normalized spacial score (nSPS) is 15.2. The Morgan fingerprint density at radius 2 is 1.27 bits per heavy atom. The van der Waals surface area contributed by atoms with Gasteiger partial charge in [-0.15, -0.1) is 0 Å². The minimum absolute atomic E-state index is 0.0524. The Morgan fingerprint density at radius 3 is 1.78 bits per heavy atom. The molecule has 0 radical (unpaired) electrons. The summed E-state index contributed by atoms with van der Waals surface area (Å²) in [6.45, 7) is 26.1. The number of phenolic OH excluding ortho intramolecular Hbond substituents is 1. The van der Waals surface area contributed by atoms with E-state index in [-0.39, 0.29) is 10.8 Å². The van der Waals surface area contributed by atoms with Crippen molar-refractivity contribution in [1.82, 2.24) is 0 Å². The summed E-state index contributed by atoms with van der Waals surface area (Å²) >= 11 is 0. The van der Waals surface area contributed by atoms with E-state index < -0.39 is 8.38 Å². The topological polar surface area (TPSA) is 38.7 Å². The lowest BCUT2D eigenvalue weighted by molar-refractivity contribution is 0.408. The lowest BCUT2D eigenvalue weighted by atomic mass is 9.76. The molecule has 1 atom stereocenters. The number of hydrogen-bond acceptors (Lipinski definition) is 3. The summed E-state index contributed by atoms with van der Waals surface area (Å²) in [6.07, 6.45) is 7.24. The van der Waals surface area contributed by atoms with Gasteiger partial charge in [0.25, 0.3) is 8.38 Å². The van der Waals surface area contributed by atoms with E-state index in [2.05, 4.69) is 100 Å². The standard InChI is InChI=1S/C33H47O3P/c1-13-37(35-27-17-15-14-16-20(27)2)36-31-22(4)19-26(33(10,11)12)24(6)29(31)28-23(5)25(32(7,8)9)18-21(3)30(28)34/h16-19,34H,13-15H2,1-12H3. The fourth-order valence-electron chi connectivity index (χ4n) is 5.32. The third-order valence-corrected chi connectivity index (χ3v) is 8.63. The summed E-state index contributed by atoms with van der Waals surface area (Å²) in [5, 5.41) is 11.5. The van der Waals surface area contributed by atoms with Crippen LogP contribution in [0.1, 0.15) is 102 Å². The van der Waals surface area contributed by atoms with E-state index in [0.717, 1.165) is 63.9 Å². The largest absolute Gasteiger partial charge is 0.507 e. The summed E-state index contributed by atoms with van der Waals surface area (Å²) in [7, 11) is -1.21. The van der Waals surface area contributed by atoms with Crippen LogP contribution in [0, 0.1) is 27.7 Å². The van der Waals surface area contributed by atoms with Crippen LogP contribution < -0.4 is 4.52 Å². The maximum absolute atomic E-state index is 11.5. The minimum Gasteiger partial charge on any atom is -0.507 e. The van der Waals surface area contributed by atoms with Gasteiger partial charge in [0.15, 0.2) is 0 Å². The number of allylic oxidation sites excluding steroid dienone is 3. The van der Waals surface area contributed by atoms with E-state index in [1.165, 1.54) is 16.7 Å². The van der Waals surface area contributed by atoms with Crippen LogP contribution in [0.4, 0.5) is 0 Å². The van der Waals surface area contributed by atoms with Gasteiger partial charge in [0.05, 0.1) is 0 Å². The Labute approximate surface area is 226 Å². The molecule has 0 fully saturated rings. The van der Waals surface area contributed by atoms with Crippen molar-refractivity contribution in [3.05, 3.63) is 69.0 Å². The molecule has 0 aliphatic heterocycles. The fourth-order valence-corrected chi connectivity index (χ4v) is 6.49. The van der Waals surface area contributed by atoms with Gasteiger partial charge in [0.2, 0.25) is 0 Å². The van der Waals surface area contributed by atoms with Gasteiger partial charge in [0.1, 0.15) is 17.3 Å². The molecule has 0 spiro atoms. The van der Waals surface area contributed by atoms with Crippen molar-refractivity contribution in [1.29, 1.82) is 0 Å². The smallest absolute Gasteiger partial charge is 0.290 e. The van der Waals surface area contributed by atoms with Crippen LogP contribution in [0.15, 0.2) is 35.6 Å². The van der Waals surface area contributed by atoms with Gasteiger partial charge in [-0.1, -0.05) is 66.7 Å². The zero-order valence-corrected chi connectivity index (χ0v) is 26.0. The van der Waals surface area contributed by atoms with Crippen LogP contribution in [-0.4, -0.2) is 11.3 Å². The molecule has 1 N–H and O–H groups in total. The third kappa shape index (κ3) is 6.09. The Hall–Kier alpha value is -2.25. The molecule has 0 bridgehead atoms. The summed E-state index contributed by atoms with van der Waals surface area (Å²) < 4.78 is 13.3. The lowest BCUT2D eigenvalue weighted by Crippen LogP contribution is -2.17. The summed E-state index contributed by atoms with van der Waals surface area (Å²) in [5.41, 5.74) is 9.64. The number of benzene rings is 2. The van der Waals surface area contributed by atoms with Crippen LogP contribution in [0.2, 0.25) is 0 Å². The van der Waals surface area contributed by atoms with Crippen LogP contribution in [0.5, 0.6) is 11.5 Å². The predicted molar refractivity (Wildman–Crippen MR) is 160 cm³/mol. The highest BCUT2D eigenvalue weighted by atomic mass is 31.2. The molecular formula is C33H47O3P. The van der Waals surface area contributed by atoms with E-state index >= 15 is 0 Å². The fraction of sp³-hybridized carbons (Fsp3) is 0.515. The van der Waals surface area contributed by atoms with E-state index in [0.29, 0.717) is 5.75 Å². The highest BCUT2D eigenvalue weighted by molar-refractivity contribution is 7.47. The number of phenols is 1. The SMILES string of the molecule is CCP(OC1=CCCC=C1C)Oc1c(C)cc(C(C)(C)C)c(C)c1-c1c(C)c(C(C)(C)C)cc(C)c1O. The van der Waals surface area contributed by atoms with Crippen molar-refractivity contribution < 1.29 is 14.2 Å². The minimum atomic E-state index is -1.21. The number of hydrogen-bond donors (Lipinski definition) is 1. The second-order valence-electron chi connectivity index (χ2n) is 12.5. The second-order valence-corrected chi connectivity index (χ2v) is 14.2. The molecule has 2 aromatic carbocycles. The molecule has 2 aromatic rings. The highest BCUT2D eigenvalue weighted by Gasteiger charge is 2.30. The summed E-state index contributed by atoms with van der Waals surface area (Å²) in [6, 6.07) is 4.40. The quantitative estimate of drug-likeness (QED) is 0.384. The highest BCUT2D eigenvalue weighted by Crippen LogP contribution is 2.53. The van der Waals surface area contributed by atoms with Gasteiger partial charge in [0, 0.05) is 17.3 Å². The third-order valence-electron chi connectivity index (χ3n) is 7.33. The first-order chi connectivity index (χ1) is 17.1. The van der Waals surface area contributed by atoms with Crippen LogP contribution in [-0.2, 0) is 15.4 Å². The zero-order chi connectivity index (χ0) is 27.9. The van der Waals surface area contributed by atoms with Gasteiger partial charge in [-0.2, -0.15) is 0 Å². The van der Waals surface area contributed by atoms with Crippen LogP contribution in [0.25, 0.3) is 11.1 Å². The average Bonchev–Trinajstić information content (AvgIpc) is 2.79. The molecular weight excluding hydrogens is 475 g/mol. The molecule has 1 aliphatic rings. The zero-order valence-electron chi connectivity index (χ0n) is 25.1. The van der Waals surface area contributed by atoms with Gasteiger partial charge in [-0.05, 0) is 103 Å². The monoisotopic (exact) mass is 522 g/mol. The molecule has 0 heterocycles. The van der Waals surface area contributed by atoms with Gasteiger partial charge in [-0.25, -0.2) is 0 Å². The van der Waals surface area contributed by atoms with E-state index in [9.17, 15) is 5.11 Å². The first-order valence-corrected chi connectivity index (χ1v) is 14.9. The maximum atomic E-state index is 11.5. The Kier molecular flexibility index (Phi) is 8.60. The Morgan fingerprint density at radius 1 is 0.757 bits per heavy atom. The first-order valence-electron chi connectivity index (χ1n) is 13.6. The molecule has 3 nitrogen and oxygen atoms in total. The maximum Gasteiger partial charge on any atom is 0.290 e. The Balaban J connectivity index is 2.30. The molecule has 1 unspecified atom stereocenters. The molecule has 0 saturated carbocycles. The van der Waals surface area contributed by atoms with Gasteiger partial charge in [-0.3, -0.25) is 0 Å². The van der Waals surface area contributed by atoms with Crippen LogP contribution >= 0.6 is 8.38 Å². The van der Waals surface area contributed by atoms with Crippen molar-refractivity contribution in [2.75, 3.05) is 6.16 Å². The Bertz CT molecular complexity index is 1240. The molecule has 0 saturated heterocycles. The average molecular weight is 523 g/mol. The van der Waals surface area contributed by atoms with E-state index in [1.807, 2.05) is 6.92 Å². The second kappa shape index (κ2) is 10.9. The van der Waals surface area contributed by atoms with Gasteiger partial charge < -0.3 is 14.2 Å². The van der Waals surface area contributed by atoms with Gasteiger partial charge >= 0.3 is 0 Å². The van der Waals surface area contributed by atoms with E-state index in [1.54, 1.807) is 0 Å². The number of aromatic hydroxyl groups is 1. The molecule has 0 amide bonds. The lowest BCUT2D eigenvalue weighted by Gasteiger charge is -2.31. The molecule has 3 rings (SSSR count). The molecule has 0 aromatic heterocycles. The van der Waals surface area contributed by atoms with Crippen molar-refractivity contribution in [2.24, 2.45) is 0 Å². The molecule has 202 valence electrons. The predicted octanol–water partition coefficient (Wildman–Crippen LogP) is 10.2.